The molecule has 0 aromatic heterocycles. The van der Waals surface area contributed by atoms with Crippen molar-refractivity contribution in [1.82, 2.24) is 4.90 Å². The van der Waals surface area contributed by atoms with Gasteiger partial charge in [-0.1, -0.05) is 6.07 Å². The Labute approximate surface area is 118 Å². The Morgan fingerprint density at radius 3 is 2.85 bits per heavy atom. The molecule has 0 saturated carbocycles. The third-order valence-corrected chi connectivity index (χ3v) is 4.11. The third-order valence-electron chi connectivity index (χ3n) is 2.86. The molecule has 0 N–H and O–H groups in total. The van der Waals surface area contributed by atoms with Crippen LogP contribution in [0.15, 0.2) is 29.2 Å². The predicted molar refractivity (Wildman–Crippen MR) is 68.1 cm³/mol. The number of alkyl halides is 3. The van der Waals surface area contributed by atoms with Crippen LogP contribution in [0.25, 0.3) is 0 Å². The fourth-order valence-corrected chi connectivity index (χ4v) is 3.15. The SMILES string of the molecule is N#Cc1cccc(SC2CCN(CC(F)(F)F)C2=O)c1. The smallest absolute Gasteiger partial charge is 0.333 e. The van der Waals surface area contributed by atoms with E-state index in [2.05, 4.69) is 0 Å². The Morgan fingerprint density at radius 2 is 2.20 bits per heavy atom. The van der Waals surface area contributed by atoms with Crippen molar-refractivity contribution in [2.24, 2.45) is 0 Å². The second-order valence-electron chi connectivity index (χ2n) is 4.41. The molecule has 1 amide bonds. The Morgan fingerprint density at radius 1 is 1.45 bits per heavy atom. The summed E-state index contributed by atoms with van der Waals surface area (Å²) in [5.74, 6) is -0.491. The Kier molecular flexibility index (Phi) is 4.23. The van der Waals surface area contributed by atoms with Gasteiger partial charge in [0.25, 0.3) is 0 Å². The molecule has 1 aliphatic heterocycles. The molecule has 1 saturated heterocycles. The van der Waals surface area contributed by atoms with E-state index in [1.165, 1.54) is 11.8 Å². The molecule has 7 heteroatoms. The van der Waals surface area contributed by atoms with Gasteiger partial charge in [-0.3, -0.25) is 4.79 Å². The second kappa shape index (κ2) is 5.75. The van der Waals surface area contributed by atoms with Gasteiger partial charge in [0.2, 0.25) is 5.91 Å². The standard InChI is InChI=1S/C13H11F3N2OS/c14-13(15,16)8-18-5-4-11(12(18)19)20-10-3-1-2-9(6-10)7-17/h1-3,6,11H,4-5,8H2. The molecule has 0 bridgehead atoms. The van der Waals surface area contributed by atoms with Gasteiger partial charge in [0.15, 0.2) is 0 Å². The highest BCUT2D eigenvalue weighted by Gasteiger charge is 2.39. The minimum absolute atomic E-state index is 0.119. The minimum Gasteiger partial charge on any atom is -0.333 e. The van der Waals surface area contributed by atoms with Gasteiger partial charge in [-0.15, -0.1) is 11.8 Å². The molecule has 0 spiro atoms. The van der Waals surface area contributed by atoms with Crippen molar-refractivity contribution >= 4 is 17.7 Å². The molecule has 0 radical (unpaired) electrons. The number of benzene rings is 1. The first kappa shape index (κ1) is 14.7. The molecular weight excluding hydrogens is 289 g/mol. The van der Waals surface area contributed by atoms with Crippen molar-refractivity contribution in [1.29, 1.82) is 5.26 Å². The van der Waals surface area contributed by atoms with E-state index < -0.39 is 23.9 Å². The second-order valence-corrected chi connectivity index (χ2v) is 5.69. The van der Waals surface area contributed by atoms with E-state index in [0.717, 1.165) is 9.80 Å². The third kappa shape index (κ3) is 3.67. The summed E-state index contributed by atoms with van der Waals surface area (Å²) in [6, 6.07) is 8.68. The molecule has 3 nitrogen and oxygen atoms in total. The van der Waals surface area contributed by atoms with Gasteiger partial charge in [0, 0.05) is 11.4 Å². The van der Waals surface area contributed by atoms with E-state index in [0.29, 0.717) is 12.0 Å². The normalized spacial score (nSPS) is 19.2. The van der Waals surface area contributed by atoms with E-state index >= 15 is 0 Å². The fourth-order valence-electron chi connectivity index (χ4n) is 2.00. The first-order valence-electron chi connectivity index (χ1n) is 5.91. The number of halogens is 3. The van der Waals surface area contributed by atoms with Gasteiger partial charge in [0.1, 0.15) is 6.54 Å². The number of nitriles is 1. The number of carbonyl (C=O) groups is 1. The van der Waals surface area contributed by atoms with Crippen LogP contribution in [0, 0.1) is 11.3 Å². The summed E-state index contributed by atoms with van der Waals surface area (Å²) in [5.41, 5.74) is 0.465. The lowest BCUT2D eigenvalue weighted by molar-refractivity contribution is -0.157. The Balaban J connectivity index is 2.01. The van der Waals surface area contributed by atoms with Crippen LogP contribution in [-0.2, 0) is 4.79 Å². The molecule has 106 valence electrons. The summed E-state index contributed by atoms with van der Waals surface area (Å²) in [6.45, 7) is -1.07. The highest BCUT2D eigenvalue weighted by atomic mass is 32.2. The molecule has 1 atom stereocenters. The number of likely N-dealkylation sites (tertiary alicyclic amines) is 1. The quantitative estimate of drug-likeness (QED) is 0.862. The van der Waals surface area contributed by atoms with E-state index in [4.69, 9.17) is 5.26 Å². The average Bonchev–Trinajstić information content (AvgIpc) is 2.70. The largest absolute Gasteiger partial charge is 0.406 e. The Bertz CT molecular complexity index is 553. The number of carbonyl (C=O) groups excluding carboxylic acids is 1. The zero-order valence-corrected chi connectivity index (χ0v) is 11.2. The van der Waals surface area contributed by atoms with Crippen LogP contribution in [0.5, 0.6) is 0 Å². The first-order valence-corrected chi connectivity index (χ1v) is 6.79. The lowest BCUT2D eigenvalue weighted by atomic mass is 10.2. The first-order chi connectivity index (χ1) is 9.39. The molecule has 1 aromatic rings. The molecule has 1 heterocycles. The van der Waals surface area contributed by atoms with Gasteiger partial charge >= 0.3 is 6.18 Å². The summed E-state index contributed by atoms with van der Waals surface area (Å²) in [7, 11) is 0. The number of nitrogens with zero attached hydrogens (tertiary/aromatic N) is 2. The van der Waals surface area contributed by atoms with Crippen LogP contribution in [0.1, 0.15) is 12.0 Å². The van der Waals surface area contributed by atoms with Crippen molar-refractivity contribution in [3.05, 3.63) is 29.8 Å². The van der Waals surface area contributed by atoms with Crippen LogP contribution >= 0.6 is 11.8 Å². The molecule has 1 aromatic carbocycles. The summed E-state index contributed by atoms with van der Waals surface area (Å²) in [5, 5.41) is 8.28. The van der Waals surface area contributed by atoms with Gasteiger partial charge < -0.3 is 4.90 Å². The average molecular weight is 300 g/mol. The maximum Gasteiger partial charge on any atom is 0.406 e. The van der Waals surface area contributed by atoms with Crippen LogP contribution in [0.2, 0.25) is 0 Å². The number of hydrogen-bond acceptors (Lipinski definition) is 3. The zero-order chi connectivity index (χ0) is 14.8. The highest BCUT2D eigenvalue weighted by molar-refractivity contribution is 8.00. The molecule has 0 aliphatic carbocycles. The molecule has 1 unspecified atom stereocenters. The van der Waals surface area contributed by atoms with Gasteiger partial charge in [-0.25, -0.2) is 0 Å². The van der Waals surface area contributed by atoms with Gasteiger partial charge in [-0.2, -0.15) is 18.4 Å². The number of thioether (sulfide) groups is 1. The lowest BCUT2D eigenvalue weighted by Crippen LogP contribution is -2.36. The van der Waals surface area contributed by atoms with Gasteiger partial charge in [-0.05, 0) is 24.6 Å². The van der Waals surface area contributed by atoms with Crippen LogP contribution in [0.3, 0.4) is 0 Å². The Hall–Kier alpha value is -1.68. The molecule has 2 rings (SSSR count). The van der Waals surface area contributed by atoms with Crippen LogP contribution in [-0.4, -0.2) is 35.3 Å². The summed E-state index contributed by atoms with van der Waals surface area (Å²) in [6.07, 6.45) is -3.98. The molecule has 1 aliphatic rings. The topological polar surface area (TPSA) is 44.1 Å². The number of amides is 1. The van der Waals surface area contributed by atoms with Crippen molar-refractivity contribution in [3.8, 4) is 6.07 Å². The number of hydrogen-bond donors (Lipinski definition) is 0. The highest BCUT2D eigenvalue weighted by Crippen LogP contribution is 2.32. The summed E-state index contributed by atoms with van der Waals surface area (Å²) in [4.78, 5) is 13.4. The molecule has 1 fully saturated rings. The van der Waals surface area contributed by atoms with Gasteiger partial charge in [0.05, 0.1) is 16.9 Å². The zero-order valence-electron chi connectivity index (χ0n) is 10.4. The van der Waals surface area contributed by atoms with Crippen molar-refractivity contribution < 1.29 is 18.0 Å². The van der Waals surface area contributed by atoms with E-state index in [1.54, 1.807) is 24.3 Å². The van der Waals surface area contributed by atoms with Crippen molar-refractivity contribution in [2.75, 3.05) is 13.1 Å². The van der Waals surface area contributed by atoms with E-state index in [-0.39, 0.29) is 6.54 Å². The van der Waals surface area contributed by atoms with Crippen LogP contribution in [0.4, 0.5) is 13.2 Å². The van der Waals surface area contributed by atoms with Crippen molar-refractivity contribution in [2.45, 2.75) is 22.7 Å². The summed E-state index contributed by atoms with van der Waals surface area (Å²) >= 11 is 1.21. The lowest BCUT2D eigenvalue weighted by Gasteiger charge is -2.18. The predicted octanol–water partition coefficient (Wildman–Crippen LogP) is 2.81. The molecule has 20 heavy (non-hydrogen) atoms. The summed E-state index contributed by atoms with van der Waals surface area (Å²) < 4.78 is 36.9. The van der Waals surface area contributed by atoms with Crippen LogP contribution < -0.4 is 0 Å². The maximum absolute atomic E-state index is 12.3. The fraction of sp³-hybridized carbons (Fsp3) is 0.385. The van der Waals surface area contributed by atoms with E-state index in [9.17, 15) is 18.0 Å². The van der Waals surface area contributed by atoms with Crippen molar-refractivity contribution in [3.63, 3.8) is 0 Å². The molecular formula is C13H11F3N2OS. The maximum atomic E-state index is 12.3. The monoisotopic (exact) mass is 300 g/mol. The van der Waals surface area contributed by atoms with E-state index in [1.807, 2.05) is 6.07 Å². The number of rotatable bonds is 3. The minimum atomic E-state index is -4.37.